The van der Waals surface area contributed by atoms with Crippen molar-refractivity contribution < 1.29 is 0 Å². The van der Waals surface area contributed by atoms with E-state index in [-0.39, 0.29) is 6.15 Å². The van der Waals surface area contributed by atoms with E-state index in [0.717, 1.165) is 0 Å². The third kappa shape index (κ3) is 0.139. The summed E-state index contributed by atoms with van der Waals surface area (Å²) in [7, 11) is 0. The lowest BCUT2D eigenvalue weighted by atomic mass is 11.5. The van der Waals surface area contributed by atoms with Gasteiger partial charge in [0.15, 0.2) is 6.19 Å². The predicted octanol–water partition coefficient (Wildman–Crippen LogP) is -0.412. The average molecular weight is 59.1 g/mol. The van der Waals surface area contributed by atoms with Crippen molar-refractivity contribution in [2.75, 3.05) is 0 Å². The van der Waals surface area contributed by atoms with Crippen LogP contribution in [0.25, 0.3) is 0 Å². The zero-order valence-corrected chi connectivity index (χ0v) is 2.23. The van der Waals surface area contributed by atoms with E-state index in [4.69, 9.17) is 5.26 Å². The first-order valence-corrected chi connectivity index (χ1v) is 0.512. The minimum absolute atomic E-state index is 0. The Balaban J connectivity index is 0. The molecule has 5 N–H and O–H groups in total. The van der Waals surface area contributed by atoms with E-state index in [1.807, 2.05) is 0 Å². The largest absolute Gasteiger partial charge is 0.344 e. The highest BCUT2D eigenvalue weighted by Gasteiger charge is 1.12. The van der Waals surface area contributed by atoms with Gasteiger partial charge < -0.3 is 11.9 Å². The molecule has 0 rings (SSSR count). The van der Waals surface area contributed by atoms with E-state index < -0.39 is 0 Å². The molecule has 0 aliphatic carbocycles. The van der Waals surface area contributed by atoms with Gasteiger partial charge in [-0.1, -0.05) is 0 Å². The van der Waals surface area contributed by atoms with Crippen molar-refractivity contribution in [3.05, 3.63) is 0 Å². The summed E-state index contributed by atoms with van der Waals surface area (Å²) in [5.74, 6) is 0. The fraction of sp³-hybridized carbons (Fsp3) is 0. The lowest BCUT2D eigenvalue weighted by Gasteiger charge is -1.24. The molecule has 0 aromatic rings. The lowest BCUT2D eigenvalue weighted by Crippen LogP contribution is -1.69. The van der Waals surface area contributed by atoms with E-state index in [2.05, 4.69) is 5.73 Å². The second-order valence-electron chi connectivity index (χ2n) is 0.129. The molecule has 0 saturated carbocycles. The highest BCUT2D eigenvalue weighted by Crippen LogP contribution is 0.900. The summed E-state index contributed by atoms with van der Waals surface area (Å²) in [5, 5.41) is 7.10. The van der Waals surface area contributed by atoms with Gasteiger partial charge in [-0.05, 0) is 0 Å². The van der Waals surface area contributed by atoms with Crippen LogP contribution >= 0.6 is 0 Å². The molecule has 0 aromatic carbocycles. The topological polar surface area (TPSA) is 84.8 Å². The van der Waals surface area contributed by atoms with Crippen molar-refractivity contribution >= 4 is 0 Å². The number of hydrogen-bond acceptors (Lipinski definition) is 3. The number of nitrogens with zero attached hydrogens (tertiary/aromatic N) is 1. The molecule has 0 aromatic heterocycles. The molecule has 3 heteroatoms. The van der Waals surface area contributed by atoms with E-state index in [1.54, 1.807) is 0 Å². The van der Waals surface area contributed by atoms with Crippen molar-refractivity contribution in [3.8, 4) is 6.19 Å². The van der Waals surface area contributed by atoms with Gasteiger partial charge in [-0.15, -0.1) is 0 Å². The van der Waals surface area contributed by atoms with Gasteiger partial charge in [0, 0.05) is 0 Å². The van der Waals surface area contributed by atoms with Gasteiger partial charge in [0.25, 0.3) is 0 Å². The molecule has 3 nitrogen and oxygen atoms in total. The fourth-order valence-electron chi connectivity index (χ4n) is 0. The fourth-order valence-corrected chi connectivity index (χ4v) is 0. The van der Waals surface area contributed by atoms with Crippen molar-refractivity contribution in [2.24, 2.45) is 5.73 Å². The molecular formula is CH5N3. The molecule has 0 spiro atoms. The first-order valence-electron chi connectivity index (χ1n) is 0.512. The minimum atomic E-state index is 0. The third-order valence-electron chi connectivity index (χ3n) is 0. The van der Waals surface area contributed by atoms with Crippen LogP contribution in [0, 0.1) is 11.5 Å². The van der Waals surface area contributed by atoms with Gasteiger partial charge in [-0.25, -0.2) is 0 Å². The molecule has 0 saturated heterocycles. The molecule has 0 bridgehead atoms. The van der Waals surface area contributed by atoms with Crippen LogP contribution in [0.4, 0.5) is 0 Å². The Morgan fingerprint density at radius 3 is 1.75 bits per heavy atom. The van der Waals surface area contributed by atoms with Gasteiger partial charge in [0.05, 0.1) is 0 Å². The SMILES string of the molecule is N.N#CN. The molecule has 0 unspecified atom stereocenters. The van der Waals surface area contributed by atoms with Gasteiger partial charge in [0.2, 0.25) is 0 Å². The molecule has 0 aliphatic rings. The van der Waals surface area contributed by atoms with E-state index in [1.165, 1.54) is 6.19 Å². The van der Waals surface area contributed by atoms with E-state index in [9.17, 15) is 0 Å². The standard InChI is InChI=1S/CH2N2.H3N/c2-1-3;/h2H2;1H3. The maximum Gasteiger partial charge on any atom is 0.173 e. The molecule has 0 amide bonds. The van der Waals surface area contributed by atoms with Gasteiger partial charge in [-0.3, -0.25) is 0 Å². The maximum absolute atomic E-state index is 7.10. The van der Waals surface area contributed by atoms with Crippen molar-refractivity contribution in [1.82, 2.24) is 6.15 Å². The van der Waals surface area contributed by atoms with E-state index in [0.29, 0.717) is 0 Å². The van der Waals surface area contributed by atoms with Crippen LogP contribution in [0.5, 0.6) is 0 Å². The highest BCUT2D eigenvalue weighted by atomic mass is 14.5. The molecule has 0 atom stereocenters. The normalized spacial score (nSPS) is 1.75. The minimum Gasteiger partial charge on any atom is -0.344 e. The summed E-state index contributed by atoms with van der Waals surface area (Å²) in [6.45, 7) is 0. The smallest absolute Gasteiger partial charge is 0.173 e. The number of nitriles is 1. The third-order valence-corrected chi connectivity index (χ3v) is 0. The van der Waals surface area contributed by atoms with Crippen LogP contribution in [0.1, 0.15) is 0 Å². The molecule has 0 heterocycles. The summed E-state index contributed by atoms with van der Waals surface area (Å²) in [4.78, 5) is 0. The lowest BCUT2D eigenvalue weighted by molar-refractivity contribution is 1.45. The first kappa shape index (κ1) is 10.5. The Hall–Kier alpha value is -0.750. The Bertz CT molecular complexity index is 24.8. The van der Waals surface area contributed by atoms with E-state index >= 15 is 0 Å². The van der Waals surface area contributed by atoms with Crippen molar-refractivity contribution in [1.29, 1.82) is 5.26 Å². The average Bonchev–Trinajstić information content (AvgIpc) is 0.918. The molecule has 0 radical (unpaired) electrons. The van der Waals surface area contributed by atoms with Gasteiger partial charge in [-0.2, -0.15) is 5.26 Å². The van der Waals surface area contributed by atoms with Gasteiger partial charge >= 0.3 is 0 Å². The van der Waals surface area contributed by atoms with Crippen LogP contribution < -0.4 is 11.9 Å². The zero-order valence-electron chi connectivity index (χ0n) is 2.23. The monoisotopic (exact) mass is 59.0 g/mol. The summed E-state index contributed by atoms with van der Waals surface area (Å²) in [6, 6.07) is 0. The quantitative estimate of drug-likeness (QED) is 0.294. The summed E-state index contributed by atoms with van der Waals surface area (Å²) in [6.07, 6.45) is 1.25. The van der Waals surface area contributed by atoms with Crippen molar-refractivity contribution in [3.63, 3.8) is 0 Å². The second kappa shape index (κ2) is 56.2. The molecule has 4 heavy (non-hydrogen) atoms. The van der Waals surface area contributed by atoms with Crippen LogP contribution in [-0.4, -0.2) is 0 Å². The molecule has 0 fully saturated rings. The van der Waals surface area contributed by atoms with Crippen LogP contribution in [0.3, 0.4) is 0 Å². The molecular weight excluding hydrogens is 54.0 g/mol. The second-order valence-corrected chi connectivity index (χ2v) is 0.129. The Morgan fingerprint density at radius 2 is 1.75 bits per heavy atom. The summed E-state index contributed by atoms with van der Waals surface area (Å²) in [5.41, 5.74) is 4.15. The summed E-state index contributed by atoms with van der Waals surface area (Å²) >= 11 is 0. The Kier molecular flexibility index (Phi) is 148. The maximum atomic E-state index is 7.10. The summed E-state index contributed by atoms with van der Waals surface area (Å²) < 4.78 is 0. The van der Waals surface area contributed by atoms with Crippen LogP contribution in [0.2, 0.25) is 0 Å². The van der Waals surface area contributed by atoms with Crippen molar-refractivity contribution in [2.45, 2.75) is 0 Å². The Morgan fingerprint density at radius 1 is 1.75 bits per heavy atom. The number of rotatable bonds is 0. The zero-order chi connectivity index (χ0) is 2.71. The predicted molar refractivity (Wildman–Crippen MR) is 14.8 cm³/mol. The first-order chi connectivity index (χ1) is 1.41. The highest BCUT2D eigenvalue weighted by molar-refractivity contribution is 4.46. The molecule has 0 aliphatic heterocycles. The number of hydrogen-bond donors (Lipinski definition) is 2. The van der Waals surface area contributed by atoms with Gasteiger partial charge in [0.1, 0.15) is 0 Å². The number of nitrogens with two attached hydrogens (primary N) is 1. The van der Waals surface area contributed by atoms with Crippen LogP contribution in [0.15, 0.2) is 0 Å². The molecule has 24 valence electrons. The van der Waals surface area contributed by atoms with Crippen LogP contribution in [-0.2, 0) is 0 Å². The Labute approximate surface area is 24.6 Å².